The zero-order chi connectivity index (χ0) is 16.2. The third-order valence-electron chi connectivity index (χ3n) is 3.84. The molecule has 1 atom stereocenters. The smallest absolute Gasteiger partial charge is 0.365 e. The van der Waals surface area contributed by atoms with Crippen LogP contribution in [0.1, 0.15) is 24.5 Å². The fourth-order valence-electron chi connectivity index (χ4n) is 2.42. The Kier molecular flexibility index (Phi) is 5.45. The van der Waals surface area contributed by atoms with E-state index in [1.807, 2.05) is 24.3 Å². The van der Waals surface area contributed by atoms with Gasteiger partial charge in [0.1, 0.15) is 0 Å². The first-order chi connectivity index (χ1) is 10.4. The minimum absolute atomic E-state index is 0.0683. The average molecular weight is 315 g/mol. The quantitative estimate of drug-likeness (QED) is 0.855. The van der Waals surface area contributed by atoms with Gasteiger partial charge in [-0.1, -0.05) is 31.2 Å². The molecule has 1 unspecified atom stereocenters. The monoisotopic (exact) mass is 315 g/mol. The maximum absolute atomic E-state index is 12.6. The van der Waals surface area contributed by atoms with Crippen LogP contribution in [-0.4, -0.2) is 42.8 Å². The van der Waals surface area contributed by atoms with Crippen molar-refractivity contribution in [2.45, 2.75) is 38.5 Å². The summed E-state index contributed by atoms with van der Waals surface area (Å²) in [4.78, 5) is 13.3. The summed E-state index contributed by atoms with van der Waals surface area (Å²) in [5.74, 6) is -0.253. The van der Waals surface area contributed by atoms with Gasteiger partial charge in [0.25, 0.3) is 0 Å². The van der Waals surface area contributed by atoms with E-state index in [-0.39, 0.29) is 25.5 Å². The molecule has 1 aliphatic rings. The first-order valence-corrected chi connectivity index (χ1v) is 7.44. The Balaban J connectivity index is 1.86. The summed E-state index contributed by atoms with van der Waals surface area (Å²) in [7, 11) is 0. The minimum Gasteiger partial charge on any atom is -0.365 e. The topological polar surface area (TPSA) is 29.5 Å². The van der Waals surface area contributed by atoms with Crippen LogP contribution in [0.2, 0.25) is 0 Å². The number of amides is 1. The number of nitrogens with zero attached hydrogens (tertiary/aromatic N) is 1. The highest BCUT2D eigenvalue weighted by molar-refractivity contribution is 5.76. The lowest BCUT2D eigenvalue weighted by Gasteiger charge is -2.33. The molecular weight excluding hydrogens is 295 g/mol. The van der Waals surface area contributed by atoms with Crippen LogP contribution in [-0.2, 0) is 22.4 Å². The molecule has 22 heavy (non-hydrogen) atoms. The normalized spacial score (nSPS) is 19.3. The highest BCUT2D eigenvalue weighted by Gasteiger charge is 2.44. The summed E-state index contributed by atoms with van der Waals surface area (Å²) < 4.78 is 42.6. The molecule has 6 heteroatoms. The lowest BCUT2D eigenvalue weighted by atomic mass is 10.1. The Morgan fingerprint density at radius 1 is 1.27 bits per heavy atom. The van der Waals surface area contributed by atoms with E-state index in [1.54, 1.807) is 0 Å². The molecule has 1 heterocycles. The van der Waals surface area contributed by atoms with Crippen molar-refractivity contribution in [2.75, 3.05) is 19.7 Å². The van der Waals surface area contributed by atoms with Crippen LogP contribution in [0.3, 0.4) is 0 Å². The molecule has 2 rings (SSSR count). The summed E-state index contributed by atoms with van der Waals surface area (Å²) in [5, 5.41) is 0. The summed E-state index contributed by atoms with van der Waals surface area (Å²) in [5.41, 5.74) is 2.24. The number of ether oxygens (including phenoxy) is 1. The lowest BCUT2D eigenvalue weighted by molar-refractivity contribution is -0.236. The fourth-order valence-corrected chi connectivity index (χ4v) is 2.42. The largest absolute Gasteiger partial charge is 0.416 e. The van der Waals surface area contributed by atoms with E-state index in [2.05, 4.69) is 6.92 Å². The Morgan fingerprint density at radius 2 is 1.91 bits per heavy atom. The second-order valence-corrected chi connectivity index (χ2v) is 5.41. The van der Waals surface area contributed by atoms with Gasteiger partial charge < -0.3 is 9.64 Å². The predicted molar refractivity (Wildman–Crippen MR) is 76.5 cm³/mol. The van der Waals surface area contributed by atoms with E-state index in [1.165, 1.54) is 10.5 Å². The van der Waals surface area contributed by atoms with Gasteiger partial charge in [-0.3, -0.25) is 4.79 Å². The van der Waals surface area contributed by atoms with Crippen LogP contribution in [0.4, 0.5) is 13.2 Å². The van der Waals surface area contributed by atoms with Gasteiger partial charge in [-0.25, -0.2) is 0 Å². The highest BCUT2D eigenvalue weighted by atomic mass is 19.4. The molecule has 1 aliphatic heterocycles. The van der Waals surface area contributed by atoms with Gasteiger partial charge in [-0.05, 0) is 24.0 Å². The second kappa shape index (κ2) is 7.13. The van der Waals surface area contributed by atoms with Crippen molar-refractivity contribution in [2.24, 2.45) is 0 Å². The molecule has 0 saturated carbocycles. The molecule has 3 nitrogen and oxygen atoms in total. The minimum atomic E-state index is -4.42. The van der Waals surface area contributed by atoms with Crippen molar-refractivity contribution >= 4 is 5.91 Å². The number of aryl methyl sites for hydroxylation is 2. The van der Waals surface area contributed by atoms with Crippen molar-refractivity contribution in [1.82, 2.24) is 4.90 Å². The Morgan fingerprint density at radius 3 is 2.50 bits per heavy atom. The highest BCUT2D eigenvalue weighted by Crippen LogP contribution is 2.26. The molecule has 1 saturated heterocycles. The number of morpholine rings is 1. The van der Waals surface area contributed by atoms with Crippen molar-refractivity contribution < 1.29 is 22.7 Å². The molecular formula is C16H20F3NO2. The fraction of sp³-hybridized carbons (Fsp3) is 0.562. The van der Waals surface area contributed by atoms with E-state index in [9.17, 15) is 18.0 Å². The number of halogens is 3. The van der Waals surface area contributed by atoms with Crippen molar-refractivity contribution in [3.8, 4) is 0 Å². The van der Waals surface area contributed by atoms with E-state index in [4.69, 9.17) is 4.74 Å². The summed E-state index contributed by atoms with van der Waals surface area (Å²) in [6.07, 6.45) is -4.58. The average Bonchev–Trinajstić information content (AvgIpc) is 2.52. The number of carbonyl (C=O) groups is 1. The number of hydrogen-bond acceptors (Lipinski definition) is 2. The van der Waals surface area contributed by atoms with Crippen LogP contribution < -0.4 is 0 Å². The number of alkyl halides is 3. The van der Waals surface area contributed by atoms with Gasteiger partial charge in [0.05, 0.1) is 13.2 Å². The summed E-state index contributed by atoms with van der Waals surface area (Å²) >= 11 is 0. The second-order valence-electron chi connectivity index (χ2n) is 5.41. The maximum atomic E-state index is 12.6. The van der Waals surface area contributed by atoms with Crippen molar-refractivity contribution in [3.63, 3.8) is 0 Å². The van der Waals surface area contributed by atoms with Gasteiger partial charge >= 0.3 is 6.18 Å². The molecule has 1 aromatic carbocycles. The van der Waals surface area contributed by atoms with Crippen molar-refractivity contribution in [3.05, 3.63) is 35.4 Å². The Labute approximate surface area is 128 Å². The van der Waals surface area contributed by atoms with Gasteiger partial charge in [-0.15, -0.1) is 0 Å². The van der Waals surface area contributed by atoms with E-state index < -0.39 is 18.8 Å². The molecule has 1 amide bonds. The number of carbonyl (C=O) groups excluding carboxylic acids is 1. The zero-order valence-electron chi connectivity index (χ0n) is 12.5. The molecule has 0 bridgehead atoms. The maximum Gasteiger partial charge on any atom is 0.416 e. The molecule has 122 valence electrons. The van der Waals surface area contributed by atoms with E-state index in [0.29, 0.717) is 6.42 Å². The zero-order valence-corrected chi connectivity index (χ0v) is 12.5. The molecule has 0 aromatic heterocycles. The number of benzene rings is 1. The SMILES string of the molecule is CCc1ccc(CCC(=O)N2CCOC(C(F)(F)F)C2)cc1. The van der Waals surface area contributed by atoms with Crippen molar-refractivity contribution in [1.29, 1.82) is 0 Å². The Hall–Kier alpha value is -1.56. The van der Waals surface area contributed by atoms with Gasteiger partial charge in [0, 0.05) is 13.0 Å². The van der Waals surface area contributed by atoms with E-state index in [0.717, 1.165) is 12.0 Å². The molecule has 1 fully saturated rings. The van der Waals surface area contributed by atoms with Crippen LogP contribution in [0.15, 0.2) is 24.3 Å². The number of rotatable bonds is 4. The van der Waals surface area contributed by atoms with Gasteiger partial charge in [0.2, 0.25) is 5.91 Å². The summed E-state index contributed by atoms with van der Waals surface area (Å²) in [6.45, 7) is 1.81. The van der Waals surface area contributed by atoms with Gasteiger partial charge in [-0.2, -0.15) is 13.2 Å². The molecule has 0 spiro atoms. The third kappa shape index (κ3) is 4.47. The number of hydrogen-bond donors (Lipinski definition) is 0. The standard InChI is InChI=1S/C16H20F3NO2/c1-2-12-3-5-13(6-4-12)7-8-15(21)20-9-10-22-14(11-20)16(17,18)19/h3-6,14H,2,7-11H2,1H3. The molecule has 0 radical (unpaired) electrons. The van der Waals surface area contributed by atoms with Crippen LogP contribution in [0.5, 0.6) is 0 Å². The third-order valence-corrected chi connectivity index (χ3v) is 3.84. The molecule has 1 aromatic rings. The van der Waals surface area contributed by atoms with Crippen LogP contribution in [0.25, 0.3) is 0 Å². The van der Waals surface area contributed by atoms with Gasteiger partial charge in [0.15, 0.2) is 6.10 Å². The van der Waals surface area contributed by atoms with Crippen LogP contribution in [0, 0.1) is 0 Å². The molecule has 0 N–H and O–H groups in total. The summed E-state index contributed by atoms with van der Waals surface area (Å²) in [6, 6.07) is 7.94. The lowest BCUT2D eigenvalue weighted by Crippen LogP contribution is -2.51. The van der Waals surface area contributed by atoms with E-state index >= 15 is 0 Å². The molecule has 0 aliphatic carbocycles. The first kappa shape index (κ1) is 16.8. The predicted octanol–water partition coefficient (Wildman–Crippen LogP) is 2.97. The van der Waals surface area contributed by atoms with Crippen LogP contribution >= 0.6 is 0 Å². The first-order valence-electron chi connectivity index (χ1n) is 7.44. The Bertz CT molecular complexity index is 499.